The molecule has 6 nitrogen and oxygen atoms in total. The highest BCUT2D eigenvalue weighted by Gasteiger charge is 2.16. The minimum absolute atomic E-state index is 0.117. The van der Waals surface area contributed by atoms with Gasteiger partial charge in [0.1, 0.15) is 34.3 Å². The van der Waals surface area contributed by atoms with Crippen molar-refractivity contribution in [3.05, 3.63) is 59.7 Å². The van der Waals surface area contributed by atoms with E-state index in [-0.39, 0.29) is 34.2 Å². The first-order valence-corrected chi connectivity index (χ1v) is 8.06. The molecular formula is C22H16N2O4. The second-order valence-electron chi connectivity index (χ2n) is 5.75. The van der Waals surface area contributed by atoms with Gasteiger partial charge < -0.3 is 31.2 Å². The standard InChI is InChI=1S/C22H16N2O4/c1-3-13-5-10-21(27-14-6-8-17(23)19(25)11-14)16(4-2)22(13)28-15-7-9-18(24)20(26)12-15/h1-2,5-12,25-26H,23-24H2. The van der Waals surface area contributed by atoms with Gasteiger partial charge in [0.15, 0.2) is 5.75 Å². The van der Waals surface area contributed by atoms with E-state index in [1.807, 2.05) is 0 Å². The molecule has 0 heterocycles. The van der Waals surface area contributed by atoms with Gasteiger partial charge in [-0.2, -0.15) is 0 Å². The molecule has 138 valence electrons. The van der Waals surface area contributed by atoms with E-state index in [4.69, 9.17) is 33.8 Å². The molecule has 0 aromatic heterocycles. The van der Waals surface area contributed by atoms with Crippen LogP contribution >= 0.6 is 0 Å². The number of hydrogen-bond donors (Lipinski definition) is 4. The van der Waals surface area contributed by atoms with Gasteiger partial charge in [-0.05, 0) is 36.4 Å². The Bertz CT molecular complexity index is 1140. The van der Waals surface area contributed by atoms with E-state index < -0.39 is 0 Å². The Morgan fingerprint density at radius 2 is 1.32 bits per heavy atom. The zero-order chi connectivity index (χ0) is 20.3. The molecule has 3 aromatic carbocycles. The summed E-state index contributed by atoms with van der Waals surface area (Å²) in [6.07, 6.45) is 11.2. The Kier molecular flexibility index (Phi) is 4.89. The zero-order valence-corrected chi connectivity index (χ0v) is 14.6. The molecule has 0 aliphatic rings. The van der Waals surface area contributed by atoms with Gasteiger partial charge in [0.05, 0.1) is 16.9 Å². The molecule has 0 aliphatic heterocycles. The quantitative estimate of drug-likeness (QED) is 0.315. The van der Waals surface area contributed by atoms with E-state index >= 15 is 0 Å². The lowest BCUT2D eigenvalue weighted by Crippen LogP contribution is -1.97. The lowest BCUT2D eigenvalue weighted by atomic mass is 10.1. The minimum atomic E-state index is -0.133. The summed E-state index contributed by atoms with van der Waals surface area (Å²) in [7, 11) is 0. The summed E-state index contributed by atoms with van der Waals surface area (Å²) in [5, 5.41) is 19.5. The van der Waals surface area contributed by atoms with Crippen LogP contribution in [0.1, 0.15) is 11.1 Å². The third kappa shape index (κ3) is 3.57. The number of hydrogen-bond acceptors (Lipinski definition) is 6. The van der Waals surface area contributed by atoms with Crippen molar-refractivity contribution in [3.8, 4) is 59.2 Å². The number of phenolic OH excluding ortho intramolecular Hbond substituents is 2. The maximum Gasteiger partial charge on any atom is 0.162 e. The van der Waals surface area contributed by atoms with Crippen LogP contribution < -0.4 is 20.9 Å². The van der Waals surface area contributed by atoms with Gasteiger partial charge in [-0.3, -0.25) is 0 Å². The van der Waals surface area contributed by atoms with Crippen LogP contribution in [-0.2, 0) is 0 Å². The lowest BCUT2D eigenvalue weighted by Gasteiger charge is -2.15. The van der Waals surface area contributed by atoms with Crippen LogP contribution in [0, 0.1) is 24.7 Å². The number of rotatable bonds is 4. The summed E-state index contributed by atoms with van der Waals surface area (Å²) in [4.78, 5) is 0. The molecule has 6 heteroatoms. The van der Waals surface area contributed by atoms with E-state index in [1.54, 1.807) is 24.3 Å². The first-order chi connectivity index (χ1) is 13.4. The summed E-state index contributed by atoms with van der Waals surface area (Å²) < 4.78 is 11.6. The fourth-order valence-corrected chi connectivity index (χ4v) is 2.42. The van der Waals surface area contributed by atoms with Crippen molar-refractivity contribution < 1.29 is 19.7 Å². The number of benzene rings is 3. The molecule has 0 bridgehead atoms. The Morgan fingerprint density at radius 1 is 0.750 bits per heavy atom. The number of nitrogen functional groups attached to an aromatic ring is 2. The fourth-order valence-electron chi connectivity index (χ4n) is 2.42. The molecular weight excluding hydrogens is 356 g/mol. The highest BCUT2D eigenvalue weighted by molar-refractivity contribution is 5.65. The van der Waals surface area contributed by atoms with E-state index in [2.05, 4.69) is 11.8 Å². The van der Waals surface area contributed by atoms with Crippen molar-refractivity contribution in [1.82, 2.24) is 0 Å². The lowest BCUT2D eigenvalue weighted by molar-refractivity contribution is 0.443. The first kappa shape index (κ1) is 18.4. The number of phenols is 2. The number of anilines is 2. The molecule has 0 atom stereocenters. The van der Waals surface area contributed by atoms with Crippen LogP contribution in [0.2, 0.25) is 0 Å². The average Bonchev–Trinajstić information content (AvgIpc) is 2.68. The van der Waals surface area contributed by atoms with Gasteiger partial charge in [0.25, 0.3) is 0 Å². The number of nitrogens with two attached hydrogens (primary N) is 2. The van der Waals surface area contributed by atoms with Crippen molar-refractivity contribution in [2.45, 2.75) is 0 Å². The summed E-state index contributed by atoms with van der Waals surface area (Å²) in [6.45, 7) is 0. The van der Waals surface area contributed by atoms with Crippen LogP contribution in [0.15, 0.2) is 48.5 Å². The predicted molar refractivity (Wildman–Crippen MR) is 107 cm³/mol. The number of ether oxygens (including phenoxy) is 2. The molecule has 3 aromatic rings. The van der Waals surface area contributed by atoms with E-state index in [9.17, 15) is 10.2 Å². The van der Waals surface area contributed by atoms with Gasteiger partial charge in [0.2, 0.25) is 0 Å². The highest BCUT2D eigenvalue weighted by Crippen LogP contribution is 2.39. The Labute approximate surface area is 161 Å². The topological polar surface area (TPSA) is 111 Å². The SMILES string of the molecule is C#Cc1ccc(Oc2ccc(N)c(O)c2)c(C#C)c1Oc1ccc(N)c(O)c1. The molecule has 0 unspecified atom stereocenters. The summed E-state index contributed by atoms with van der Waals surface area (Å²) in [6, 6.07) is 12.1. The molecule has 0 saturated heterocycles. The first-order valence-electron chi connectivity index (χ1n) is 8.06. The molecule has 0 amide bonds. The van der Waals surface area contributed by atoms with Gasteiger partial charge in [0, 0.05) is 12.1 Å². The molecule has 0 spiro atoms. The highest BCUT2D eigenvalue weighted by atomic mass is 16.5. The van der Waals surface area contributed by atoms with Gasteiger partial charge in [-0.15, -0.1) is 12.8 Å². The maximum atomic E-state index is 9.78. The van der Waals surface area contributed by atoms with E-state index in [0.29, 0.717) is 22.8 Å². The zero-order valence-electron chi connectivity index (χ0n) is 14.6. The second-order valence-corrected chi connectivity index (χ2v) is 5.75. The summed E-state index contributed by atoms with van der Waals surface area (Å²) in [5.41, 5.74) is 12.3. The molecule has 3 rings (SSSR count). The second kappa shape index (κ2) is 7.45. The normalized spacial score (nSPS) is 9.93. The molecule has 0 aliphatic carbocycles. The average molecular weight is 372 g/mol. The maximum absolute atomic E-state index is 9.78. The fraction of sp³-hybridized carbons (Fsp3) is 0. The van der Waals surface area contributed by atoms with Crippen LogP contribution in [0.5, 0.6) is 34.5 Å². The molecule has 0 saturated carbocycles. The number of terminal acetylenes is 2. The molecule has 6 N–H and O–H groups in total. The monoisotopic (exact) mass is 372 g/mol. The van der Waals surface area contributed by atoms with Gasteiger partial charge in [-0.25, -0.2) is 0 Å². The third-order valence-electron chi connectivity index (χ3n) is 3.87. The van der Waals surface area contributed by atoms with Crippen molar-refractivity contribution in [1.29, 1.82) is 0 Å². The van der Waals surface area contributed by atoms with Gasteiger partial charge in [-0.1, -0.05) is 11.8 Å². The van der Waals surface area contributed by atoms with Crippen molar-refractivity contribution in [2.24, 2.45) is 0 Å². The minimum Gasteiger partial charge on any atom is -0.506 e. The number of aromatic hydroxyl groups is 2. The van der Waals surface area contributed by atoms with Crippen molar-refractivity contribution in [2.75, 3.05) is 11.5 Å². The van der Waals surface area contributed by atoms with E-state index in [0.717, 1.165) is 0 Å². The van der Waals surface area contributed by atoms with E-state index in [1.165, 1.54) is 24.3 Å². The Balaban J connectivity index is 2.04. The van der Waals surface area contributed by atoms with Crippen LogP contribution in [-0.4, -0.2) is 10.2 Å². The predicted octanol–water partition coefficient (Wildman–Crippen LogP) is 3.81. The Hall–Kier alpha value is -4.42. The third-order valence-corrected chi connectivity index (χ3v) is 3.87. The molecule has 0 fully saturated rings. The van der Waals surface area contributed by atoms with Gasteiger partial charge >= 0.3 is 0 Å². The Morgan fingerprint density at radius 3 is 1.82 bits per heavy atom. The van der Waals surface area contributed by atoms with Crippen LogP contribution in [0.4, 0.5) is 11.4 Å². The largest absolute Gasteiger partial charge is 0.506 e. The molecule has 28 heavy (non-hydrogen) atoms. The summed E-state index contributed by atoms with van der Waals surface area (Å²) in [5.74, 6) is 5.89. The van der Waals surface area contributed by atoms with Crippen molar-refractivity contribution in [3.63, 3.8) is 0 Å². The van der Waals surface area contributed by atoms with Crippen LogP contribution in [0.3, 0.4) is 0 Å². The molecule has 0 radical (unpaired) electrons. The van der Waals surface area contributed by atoms with Crippen molar-refractivity contribution >= 4 is 11.4 Å². The van der Waals surface area contributed by atoms with Crippen LogP contribution in [0.25, 0.3) is 0 Å². The smallest absolute Gasteiger partial charge is 0.162 e. The summed E-state index contributed by atoms with van der Waals surface area (Å²) >= 11 is 0.